The van der Waals surface area contributed by atoms with Crippen LogP contribution in [0.25, 0.3) is 11.1 Å². The van der Waals surface area contributed by atoms with Crippen molar-refractivity contribution < 1.29 is 9.53 Å². The van der Waals surface area contributed by atoms with Gasteiger partial charge in [-0.3, -0.25) is 9.48 Å². The summed E-state index contributed by atoms with van der Waals surface area (Å²) in [5.74, 6) is 0.740. The lowest BCUT2D eigenvalue weighted by molar-refractivity contribution is 0.0933. The lowest BCUT2D eigenvalue weighted by atomic mass is 10.0. The van der Waals surface area contributed by atoms with Crippen molar-refractivity contribution in [3.63, 3.8) is 0 Å². The molecule has 4 aromatic rings. The van der Waals surface area contributed by atoms with Gasteiger partial charge in [0.1, 0.15) is 18.2 Å². The predicted octanol–water partition coefficient (Wildman–Crippen LogP) is 3.74. The maximum atomic E-state index is 12.7. The molecule has 166 valence electrons. The average molecular weight is 440 g/mol. The fraction of sp³-hybridized carbons (Fsp3) is 0.231. The Morgan fingerprint density at radius 2 is 1.91 bits per heavy atom. The minimum atomic E-state index is -0.111. The van der Waals surface area contributed by atoms with E-state index in [0.717, 1.165) is 45.8 Å². The first-order valence-corrected chi connectivity index (χ1v) is 11.0. The molecule has 3 heterocycles. The number of hydrogen-bond donors (Lipinski definition) is 1. The van der Waals surface area contributed by atoms with Crippen LogP contribution in [0, 0.1) is 13.8 Å². The number of fused-ring (bicyclic) bond motifs is 1. The molecular weight excluding hydrogens is 414 g/mol. The number of ether oxygens (including phenoxy) is 1. The standard InChI is InChI=1S/C26H25N5O2/c1-17-10-18(2)31(30-17)15-19-6-8-20(9-7-19)26(32)29-14-23-11-21-4-3-5-24(25(21)33-23)22-12-27-16-28-13-22/h3-10,12-13,16,23H,11,14-15H2,1-2H3,(H,29,32)/t23-/m1/s1. The molecule has 1 aliphatic rings. The van der Waals surface area contributed by atoms with Crippen LogP contribution >= 0.6 is 0 Å². The molecule has 0 saturated carbocycles. The van der Waals surface area contributed by atoms with Crippen LogP contribution in [0.2, 0.25) is 0 Å². The molecule has 0 radical (unpaired) electrons. The molecule has 2 aromatic heterocycles. The van der Waals surface area contributed by atoms with Gasteiger partial charge < -0.3 is 10.1 Å². The van der Waals surface area contributed by atoms with Crippen LogP contribution in [0.3, 0.4) is 0 Å². The zero-order chi connectivity index (χ0) is 22.8. The van der Waals surface area contributed by atoms with Gasteiger partial charge in [-0.15, -0.1) is 0 Å². The summed E-state index contributed by atoms with van der Waals surface area (Å²) in [6.45, 7) is 5.15. The highest BCUT2D eigenvalue weighted by Gasteiger charge is 2.26. The monoisotopic (exact) mass is 439 g/mol. The molecule has 1 atom stereocenters. The van der Waals surface area contributed by atoms with Gasteiger partial charge in [0.25, 0.3) is 5.91 Å². The summed E-state index contributed by atoms with van der Waals surface area (Å²) in [6.07, 6.45) is 5.70. The minimum Gasteiger partial charge on any atom is -0.487 e. The Hall–Kier alpha value is -4.00. The number of benzene rings is 2. The van der Waals surface area contributed by atoms with Gasteiger partial charge in [0.05, 0.1) is 18.8 Å². The number of aryl methyl sites for hydroxylation is 2. The number of para-hydroxylation sites is 1. The van der Waals surface area contributed by atoms with E-state index in [1.807, 2.05) is 54.9 Å². The average Bonchev–Trinajstić information content (AvgIpc) is 3.40. The normalized spacial score (nSPS) is 14.5. The van der Waals surface area contributed by atoms with Crippen LogP contribution in [0.5, 0.6) is 5.75 Å². The summed E-state index contributed by atoms with van der Waals surface area (Å²) in [6, 6.07) is 15.8. The van der Waals surface area contributed by atoms with Gasteiger partial charge in [0.15, 0.2) is 0 Å². The highest BCUT2D eigenvalue weighted by atomic mass is 16.5. The van der Waals surface area contributed by atoms with Crippen LogP contribution in [0.4, 0.5) is 0 Å². The minimum absolute atomic E-state index is 0.107. The molecule has 7 heteroatoms. The third-order valence-electron chi connectivity index (χ3n) is 5.84. The van der Waals surface area contributed by atoms with Crippen molar-refractivity contribution >= 4 is 5.91 Å². The number of hydrogen-bond acceptors (Lipinski definition) is 5. The summed E-state index contributed by atoms with van der Waals surface area (Å²) in [5.41, 5.74) is 6.87. The van der Waals surface area contributed by atoms with E-state index in [1.165, 1.54) is 6.33 Å². The van der Waals surface area contributed by atoms with Crippen molar-refractivity contribution in [3.05, 3.63) is 95.3 Å². The lowest BCUT2D eigenvalue weighted by Gasteiger charge is -2.14. The van der Waals surface area contributed by atoms with E-state index in [-0.39, 0.29) is 12.0 Å². The van der Waals surface area contributed by atoms with Crippen LogP contribution < -0.4 is 10.1 Å². The second-order valence-corrected chi connectivity index (χ2v) is 8.36. The van der Waals surface area contributed by atoms with E-state index in [1.54, 1.807) is 12.4 Å². The Kier molecular flexibility index (Phi) is 5.60. The predicted molar refractivity (Wildman–Crippen MR) is 125 cm³/mol. The topological polar surface area (TPSA) is 81.9 Å². The van der Waals surface area contributed by atoms with Gasteiger partial charge in [0, 0.05) is 41.2 Å². The van der Waals surface area contributed by atoms with Crippen LogP contribution in [-0.4, -0.2) is 38.3 Å². The maximum Gasteiger partial charge on any atom is 0.251 e. The molecule has 0 aliphatic carbocycles. The molecule has 0 fully saturated rings. The fourth-order valence-electron chi connectivity index (χ4n) is 4.20. The van der Waals surface area contributed by atoms with Gasteiger partial charge in [-0.25, -0.2) is 9.97 Å². The zero-order valence-electron chi connectivity index (χ0n) is 18.7. The molecule has 33 heavy (non-hydrogen) atoms. The molecule has 2 aromatic carbocycles. The number of nitrogens with one attached hydrogen (secondary N) is 1. The quantitative estimate of drug-likeness (QED) is 0.495. The van der Waals surface area contributed by atoms with E-state index in [0.29, 0.717) is 18.7 Å². The Balaban J connectivity index is 1.20. The number of rotatable bonds is 6. The van der Waals surface area contributed by atoms with E-state index < -0.39 is 0 Å². The first kappa shape index (κ1) is 20.9. The number of aromatic nitrogens is 4. The van der Waals surface area contributed by atoms with Gasteiger partial charge >= 0.3 is 0 Å². The van der Waals surface area contributed by atoms with Crippen molar-refractivity contribution in [2.45, 2.75) is 32.9 Å². The van der Waals surface area contributed by atoms with Gasteiger partial charge in [-0.2, -0.15) is 5.10 Å². The zero-order valence-corrected chi connectivity index (χ0v) is 18.7. The summed E-state index contributed by atoms with van der Waals surface area (Å²) in [5, 5.41) is 7.51. The van der Waals surface area contributed by atoms with Crippen LogP contribution in [0.1, 0.15) is 32.9 Å². The Morgan fingerprint density at radius 3 is 2.64 bits per heavy atom. The fourth-order valence-corrected chi connectivity index (χ4v) is 4.20. The highest BCUT2D eigenvalue weighted by Crippen LogP contribution is 2.38. The largest absolute Gasteiger partial charge is 0.487 e. The van der Waals surface area contributed by atoms with Crippen molar-refractivity contribution in [1.82, 2.24) is 25.1 Å². The third kappa shape index (κ3) is 4.48. The van der Waals surface area contributed by atoms with E-state index in [9.17, 15) is 4.79 Å². The Morgan fingerprint density at radius 1 is 1.12 bits per heavy atom. The van der Waals surface area contributed by atoms with Gasteiger partial charge in [0.2, 0.25) is 0 Å². The summed E-state index contributed by atoms with van der Waals surface area (Å²) in [4.78, 5) is 20.9. The second-order valence-electron chi connectivity index (χ2n) is 8.36. The molecule has 0 unspecified atom stereocenters. The molecule has 0 saturated heterocycles. The molecule has 5 rings (SSSR count). The highest BCUT2D eigenvalue weighted by molar-refractivity contribution is 5.94. The van der Waals surface area contributed by atoms with Crippen molar-refractivity contribution in [3.8, 4) is 16.9 Å². The van der Waals surface area contributed by atoms with Gasteiger partial charge in [-0.1, -0.05) is 30.3 Å². The molecule has 0 bridgehead atoms. The second kappa shape index (κ2) is 8.86. The molecular formula is C26H25N5O2. The summed E-state index contributed by atoms with van der Waals surface area (Å²) in [7, 11) is 0. The molecule has 1 amide bonds. The Bertz CT molecular complexity index is 1280. The SMILES string of the molecule is Cc1cc(C)n(Cc2ccc(C(=O)NC[C@H]3Cc4cccc(-c5cncnc5)c4O3)cc2)n1. The maximum absolute atomic E-state index is 12.7. The van der Waals surface area contributed by atoms with Crippen LogP contribution in [0.15, 0.2) is 67.3 Å². The number of carbonyl (C=O) groups is 1. The van der Waals surface area contributed by atoms with E-state index >= 15 is 0 Å². The smallest absolute Gasteiger partial charge is 0.251 e. The van der Waals surface area contributed by atoms with Gasteiger partial charge in [-0.05, 0) is 43.2 Å². The first-order chi connectivity index (χ1) is 16.1. The molecule has 7 nitrogen and oxygen atoms in total. The summed E-state index contributed by atoms with van der Waals surface area (Å²) >= 11 is 0. The molecule has 1 aliphatic heterocycles. The van der Waals surface area contributed by atoms with Crippen LogP contribution in [-0.2, 0) is 13.0 Å². The van der Waals surface area contributed by atoms with Crippen molar-refractivity contribution in [2.24, 2.45) is 0 Å². The molecule has 1 N–H and O–H groups in total. The third-order valence-corrected chi connectivity index (χ3v) is 5.84. The van der Waals surface area contributed by atoms with Crippen molar-refractivity contribution in [2.75, 3.05) is 6.54 Å². The summed E-state index contributed by atoms with van der Waals surface area (Å²) < 4.78 is 8.17. The van der Waals surface area contributed by atoms with Crippen molar-refractivity contribution in [1.29, 1.82) is 0 Å². The van der Waals surface area contributed by atoms with E-state index in [2.05, 4.69) is 32.5 Å². The molecule has 0 spiro atoms. The number of nitrogens with zero attached hydrogens (tertiary/aromatic N) is 4. The Labute approximate surface area is 192 Å². The first-order valence-electron chi connectivity index (χ1n) is 11.0. The number of carbonyl (C=O) groups excluding carboxylic acids is 1. The van der Waals surface area contributed by atoms with E-state index in [4.69, 9.17) is 4.74 Å². The lowest BCUT2D eigenvalue weighted by Crippen LogP contribution is -2.34. The number of amides is 1.